The summed E-state index contributed by atoms with van der Waals surface area (Å²) in [4.78, 5) is 18.1. The molecule has 2 bridgehead atoms. The lowest BCUT2D eigenvalue weighted by atomic mass is 9.88. The lowest BCUT2D eigenvalue weighted by Crippen LogP contribution is -2.59. The molecule has 3 aliphatic heterocycles. The van der Waals surface area contributed by atoms with Crippen LogP contribution >= 0.6 is 0 Å². The van der Waals surface area contributed by atoms with Gasteiger partial charge in [-0.1, -0.05) is 36.4 Å². The molecule has 11 heteroatoms. The van der Waals surface area contributed by atoms with Crippen LogP contribution in [0.3, 0.4) is 0 Å². The normalized spacial score (nSPS) is 20.8. The molecule has 3 saturated heterocycles. The number of carbonyl (C=O) groups is 1. The Bertz CT molecular complexity index is 1810. The molecular weight excluding hydrogens is 641 g/mol. The fraction of sp³-hybridized carbons (Fsp3) is 0.462. The number of alkyl halides is 3. The zero-order chi connectivity index (χ0) is 35.0. The summed E-state index contributed by atoms with van der Waals surface area (Å²) in [6, 6.07) is 20.3. The van der Waals surface area contributed by atoms with Gasteiger partial charge in [-0.15, -0.1) is 13.2 Å². The van der Waals surface area contributed by atoms with Crippen LogP contribution in [0.2, 0.25) is 0 Å². The van der Waals surface area contributed by atoms with Gasteiger partial charge in [-0.05, 0) is 105 Å². The fourth-order valence-electron chi connectivity index (χ4n) is 8.18. The van der Waals surface area contributed by atoms with E-state index >= 15 is 0 Å². The number of carbonyl (C=O) groups excluding carboxylic acids is 1. The molecule has 50 heavy (non-hydrogen) atoms. The lowest BCUT2D eigenvalue weighted by molar-refractivity contribution is -0.274. The van der Waals surface area contributed by atoms with Gasteiger partial charge in [0.2, 0.25) is 5.91 Å². The molecule has 3 aromatic carbocycles. The fourth-order valence-corrected chi connectivity index (χ4v) is 8.18. The van der Waals surface area contributed by atoms with E-state index in [0.29, 0.717) is 44.4 Å². The Morgan fingerprint density at radius 3 is 2.32 bits per heavy atom. The Balaban J connectivity index is 1.06. The highest BCUT2D eigenvalue weighted by atomic mass is 19.4. The van der Waals surface area contributed by atoms with E-state index in [2.05, 4.69) is 86.2 Å². The van der Waals surface area contributed by atoms with Crippen LogP contribution in [0.1, 0.15) is 47.9 Å². The van der Waals surface area contributed by atoms with Crippen LogP contribution in [0.25, 0.3) is 22.0 Å². The summed E-state index contributed by atoms with van der Waals surface area (Å²) < 4.78 is 44.9. The van der Waals surface area contributed by atoms with Gasteiger partial charge in [0.05, 0.1) is 5.54 Å². The third-order valence-electron chi connectivity index (χ3n) is 11.0. The lowest BCUT2D eigenvalue weighted by Gasteiger charge is -2.34. The monoisotopic (exact) mass is 688 g/mol. The number of ether oxygens (including phenoxy) is 1. The van der Waals surface area contributed by atoms with Gasteiger partial charge in [0.1, 0.15) is 5.75 Å². The molecule has 4 heterocycles. The summed E-state index contributed by atoms with van der Waals surface area (Å²) in [5.41, 5.74) is 13.7. The molecule has 8 nitrogen and oxygen atoms in total. The average Bonchev–Trinajstić information content (AvgIpc) is 3.77. The van der Waals surface area contributed by atoms with E-state index < -0.39 is 11.9 Å². The highest BCUT2D eigenvalue weighted by Gasteiger charge is 2.43. The maximum Gasteiger partial charge on any atom is 0.573 e. The molecule has 4 aromatic rings. The molecular formula is C39H47F3N6O2. The van der Waals surface area contributed by atoms with Crippen molar-refractivity contribution in [3.05, 3.63) is 89.1 Å². The van der Waals surface area contributed by atoms with Crippen LogP contribution in [-0.2, 0) is 24.4 Å². The first-order chi connectivity index (χ1) is 24.0. The number of halogens is 3. The first-order valence-corrected chi connectivity index (χ1v) is 17.7. The number of rotatable bonds is 11. The van der Waals surface area contributed by atoms with Crippen molar-refractivity contribution in [2.75, 3.05) is 32.7 Å². The predicted octanol–water partition coefficient (Wildman–Crippen LogP) is 5.87. The molecule has 0 aliphatic carbocycles. The molecule has 3 fully saturated rings. The topological polar surface area (TPSA) is 87.8 Å². The van der Waals surface area contributed by atoms with E-state index in [1.807, 2.05) is 0 Å². The minimum atomic E-state index is -4.75. The largest absolute Gasteiger partial charge is 0.573 e. The van der Waals surface area contributed by atoms with Crippen molar-refractivity contribution in [2.45, 2.75) is 83.1 Å². The molecule has 0 spiro atoms. The molecule has 266 valence electrons. The minimum Gasteiger partial charge on any atom is -0.406 e. The second kappa shape index (κ2) is 14.0. The van der Waals surface area contributed by atoms with Crippen LogP contribution in [-0.4, -0.2) is 77.0 Å². The van der Waals surface area contributed by atoms with Gasteiger partial charge < -0.3 is 25.7 Å². The van der Waals surface area contributed by atoms with Gasteiger partial charge in [0.25, 0.3) is 0 Å². The highest BCUT2D eigenvalue weighted by molar-refractivity contribution is 5.96. The zero-order valence-electron chi connectivity index (χ0n) is 28.9. The number of piperazine rings is 1. The summed E-state index contributed by atoms with van der Waals surface area (Å²) >= 11 is 0. The number of nitrogens with two attached hydrogens (primary N) is 1. The van der Waals surface area contributed by atoms with Gasteiger partial charge in [-0.25, -0.2) is 0 Å². The molecule has 3 aliphatic rings. The van der Waals surface area contributed by atoms with E-state index in [-0.39, 0.29) is 11.7 Å². The third kappa shape index (κ3) is 7.42. The molecule has 0 saturated carbocycles. The van der Waals surface area contributed by atoms with Gasteiger partial charge in [-0.3, -0.25) is 14.6 Å². The number of hydrogen-bond donors (Lipinski definition) is 3. The van der Waals surface area contributed by atoms with E-state index in [9.17, 15) is 18.0 Å². The Morgan fingerprint density at radius 1 is 0.980 bits per heavy atom. The van der Waals surface area contributed by atoms with Gasteiger partial charge in [-0.2, -0.15) is 0 Å². The summed E-state index contributed by atoms with van der Waals surface area (Å²) in [7, 11) is 0. The SMILES string of the molecule is Cc1cccc(C)c1CN1CC2CC1CN2Cc1ccc2c(c1)c(-c1ccc(OC(F)(F)F)cc1)cn2CCCNC(=O)C1(N)CCNCC1. The van der Waals surface area contributed by atoms with Crippen LogP contribution in [0, 0.1) is 13.8 Å². The number of nitrogens with one attached hydrogen (secondary N) is 2. The maximum atomic E-state index is 12.9. The van der Waals surface area contributed by atoms with E-state index in [1.54, 1.807) is 12.1 Å². The number of nitrogens with zero attached hydrogens (tertiary/aromatic N) is 3. The number of fused-ring (bicyclic) bond motifs is 3. The number of amides is 1. The van der Waals surface area contributed by atoms with Crippen LogP contribution in [0.4, 0.5) is 13.2 Å². The maximum absolute atomic E-state index is 12.9. The Morgan fingerprint density at radius 2 is 1.66 bits per heavy atom. The molecule has 1 aromatic heterocycles. The van der Waals surface area contributed by atoms with E-state index in [0.717, 1.165) is 61.3 Å². The first kappa shape index (κ1) is 34.5. The Labute approximate surface area is 291 Å². The minimum absolute atomic E-state index is 0.105. The quantitative estimate of drug-likeness (QED) is 0.171. The van der Waals surface area contributed by atoms with Crippen molar-refractivity contribution in [3.8, 4) is 16.9 Å². The molecule has 0 radical (unpaired) electrons. The van der Waals surface area contributed by atoms with Crippen molar-refractivity contribution < 1.29 is 22.7 Å². The standard InChI is InChI=1S/C39H47F3N6O2/c1-26-5-3-6-27(2)34(26)24-48-23-30-20-31(48)22-47(30)21-28-7-12-36-33(19-28)35(29-8-10-32(11-9-29)50-39(40,41)42)25-46(36)18-4-15-45-37(49)38(43)13-16-44-17-14-38/h3,5-12,19,25,30-31,44H,4,13-18,20-24,43H2,1-2H3,(H,45,49). The molecule has 1 amide bonds. The van der Waals surface area contributed by atoms with Crippen molar-refractivity contribution in [1.82, 2.24) is 25.0 Å². The number of benzene rings is 3. The number of aromatic nitrogens is 1. The number of likely N-dealkylation sites (tertiary alicyclic amines) is 2. The smallest absolute Gasteiger partial charge is 0.406 e. The summed E-state index contributed by atoms with van der Waals surface area (Å²) in [6.45, 7) is 11.0. The van der Waals surface area contributed by atoms with Gasteiger partial charge >= 0.3 is 6.36 Å². The van der Waals surface area contributed by atoms with Crippen molar-refractivity contribution in [3.63, 3.8) is 0 Å². The third-order valence-corrected chi connectivity index (χ3v) is 11.0. The van der Waals surface area contributed by atoms with Gasteiger partial charge in [0, 0.05) is 74.0 Å². The average molecular weight is 689 g/mol. The summed E-state index contributed by atoms with van der Waals surface area (Å²) in [6.07, 6.45) is 0.438. The molecule has 4 N–H and O–H groups in total. The number of piperidine rings is 1. The Kier molecular flexibility index (Phi) is 9.69. The van der Waals surface area contributed by atoms with E-state index in [4.69, 9.17) is 5.73 Å². The Hall–Kier alpha value is -3.90. The first-order valence-electron chi connectivity index (χ1n) is 17.7. The molecule has 7 rings (SSSR count). The molecule has 2 unspecified atom stereocenters. The number of aryl methyl sites for hydroxylation is 3. The van der Waals surface area contributed by atoms with Crippen molar-refractivity contribution in [1.29, 1.82) is 0 Å². The zero-order valence-corrected chi connectivity index (χ0v) is 28.9. The number of hydrogen-bond acceptors (Lipinski definition) is 6. The predicted molar refractivity (Wildman–Crippen MR) is 190 cm³/mol. The second-order valence-electron chi connectivity index (χ2n) is 14.4. The highest BCUT2D eigenvalue weighted by Crippen LogP contribution is 2.37. The van der Waals surface area contributed by atoms with Crippen molar-refractivity contribution in [2.24, 2.45) is 5.73 Å². The second-order valence-corrected chi connectivity index (χ2v) is 14.4. The molecule has 2 atom stereocenters. The van der Waals surface area contributed by atoms with Gasteiger partial charge in [0.15, 0.2) is 0 Å². The van der Waals surface area contributed by atoms with Crippen molar-refractivity contribution >= 4 is 16.8 Å². The van der Waals surface area contributed by atoms with Crippen LogP contribution in [0.15, 0.2) is 66.9 Å². The summed E-state index contributed by atoms with van der Waals surface area (Å²) in [5, 5.41) is 7.34. The summed E-state index contributed by atoms with van der Waals surface area (Å²) in [5.74, 6) is -0.351. The van der Waals surface area contributed by atoms with Crippen LogP contribution < -0.4 is 21.1 Å². The van der Waals surface area contributed by atoms with Crippen LogP contribution in [0.5, 0.6) is 5.75 Å². The van der Waals surface area contributed by atoms with E-state index in [1.165, 1.54) is 40.8 Å².